The summed E-state index contributed by atoms with van der Waals surface area (Å²) in [4.78, 5) is 10.5. The molecule has 1 aromatic rings. The van der Waals surface area contributed by atoms with E-state index in [-0.39, 0.29) is 16.7 Å². The second-order valence-corrected chi connectivity index (χ2v) is 5.00. The third kappa shape index (κ3) is 2.18. The van der Waals surface area contributed by atoms with Gasteiger partial charge < -0.3 is 9.52 Å². The molecule has 1 fully saturated rings. The van der Waals surface area contributed by atoms with Gasteiger partial charge in [-0.05, 0) is 12.8 Å². The summed E-state index contributed by atoms with van der Waals surface area (Å²) in [7, 11) is -3.69. The highest BCUT2D eigenvalue weighted by Gasteiger charge is 2.30. The van der Waals surface area contributed by atoms with Crippen LogP contribution in [0, 0.1) is 0 Å². The lowest BCUT2D eigenvalue weighted by Crippen LogP contribution is -2.25. The summed E-state index contributed by atoms with van der Waals surface area (Å²) in [5.74, 6) is -1.22. The number of carbonyl (C=O) groups is 1. The van der Waals surface area contributed by atoms with E-state index in [0.717, 1.165) is 25.2 Å². The Morgan fingerprint density at radius 1 is 1.53 bits per heavy atom. The summed E-state index contributed by atoms with van der Waals surface area (Å²) in [6.07, 6.45) is 2.53. The normalized spacial score (nSPS) is 16.5. The van der Waals surface area contributed by atoms with Crippen molar-refractivity contribution in [1.29, 1.82) is 0 Å². The van der Waals surface area contributed by atoms with Gasteiger partial charge in [0.05, 0.1) is 5.56 Å². The molecule has 1 aliphatic carbocycles. The summed E-state index contributed by atoms with van der Waals surface area (Å²) in [6, 6.07) is 0.959. The molecule has 0 aromatic carbocycles. The number of nitrogens with one attached hydrogen (secondary N) is 1. The number of sulfonamides is 1. The molecular formula is C8H9NO5S. The molecule has 1 aliphatic rings. The van der Waals surface area contributed by atoms with Crippen molar-refractivity contribution in [3.63, 3.8) is 0 Å². The molecule has 0 amide bonds. The lowest BCUT2D eigenvalue weighted by molar-refractivity contribution is 0.0696. The van der Waals surface area contributed by atoms with Crippen LogP contribution in [0.4, 0.5) is 0 Å². The highest BCUT2D eigenvalue weighted by Crippen LogP contribution is 2.22. The number of carboxylic acids is 1. The van der Waals surface area contributed by atoms with Crippen molar-refractivity contribution in [3.8, 4) is 0 Å². The van der Waals surface area contributed by atoms with Crippen molar-refractivity contribution in [2.75, 3.05) is 0 Å². The molecule has 6 nitrogen and oxygen atoms in total. The van der Waals surface area contributed by atoms with E-state index in [1.807, 2.05) is 0 Å². The fourth-order valence-corrected chi connectivity index (χ4v) is 2.30. The Kier molecular flexibility index (Phi) is 2.28. The smallest absolute Gasteiger partial charge is 0.339 e. The van der Waals surface area contributed by atoms with Crippen molar-refractivity contribution < 1.29 is 22.7 Å². The summed E-state index contributed by atoms with van der Waals surface area (Å²) < 4.78 is 30.1. The first-order valence-electron chi connectivity index (χ1n) is 4.33. The predicted molar refractivity (Wildman–Crippen MR) is 49.0 cm³/mol. The van der Waals surface area contributed by atoms with Crippen LogP contribution in [-0.2, 0) is 10.0 Å². The zero-order chi connectivity index (χ0) is 11.1. The first-order valence-corrected chi connectivity index (χ1v) is 5.81. The monoisotopic (exact) mass is 231 g/mol. The molecule has 82 valence electrons. The molecule has 2 rings (SSSR count). The van der Waals surface area contributed by atoms with Gasteiger partial charge in [-0.1, -0.05) is 0 Å². The van der Waals surface area contributed by atoms with E-state index < -0.39 is 16.0 Å². The van der Waals surface area contributed by atoms with Gasteiger partial charge in [-0.2, -0.15) is 0 Å². The maximum absolute atomic E-state index is 11.5. The molecule has 0 unspecified atom stereocenters. The molecule has 1 heterocycles. The van der Waals surface area contributed by atoms with E-state index in [4.69, 9.17) is 5.11 Å². The van der Waals surface area contributed by atoms with E-state index in [2.05, 4.69) is 9.14 Å². The van der Waals surface area contributed by atoms with Crippen LogP contribution in [0.3, 0.4) is 0 Å². The van der Waals surface area contributed by atoms with Gasteiger partial charge in [0.15, 0.2) is 0 Å². The Morgan fingerprint density at radius 3 is 2.67 bits per heavy atom. The van der Waals surface area contributed by atoms with Crippen LogP contribution in [0.25, 0.3) is 0 Å². The van der Waals surface area contributed by atoms with Gasteiger partial charge in [-0.3, -0.25) is 0 Å². The fourth-order valence-electron chi connectivity index (χ4n) is 1.05. The Balaban J connectivity index is 2.23. The fraction of sp³-hybridized carbons (Fsp3) is 0.375. The average Bonchev–Trinajstić information content (AvgIpc) is 2.80. The second-order valence-electron chi connectivity index (χ2n) is 3.36. The van der Waals surface area contributed by atoms with Crippen LogP contribution in [0.1, 0.15) is 23.2 Å². The molecule has 0 aliphatic heterocycles. The van der Waals surface area contributed by atoms with E-state index in [1.54, 1.807) is 0 Å². The van der Waals surface area contributed by atoms with E-state index in [0.29, 0.717) is 0 Å². The van der Waals surface area contributed by atoms with Crippen LogP contribution in [-0.4, -0.2) is 25.5 Å². The minimum atomic E-state index is -3.69. The highest BCUT2D eigenvalue weighted by molar-refractivity contribution is 7.89. The molecule has 0 bridgehead atoms. The number of hydrogen-bond acceptors (Lipinski definition) is 4. The maximum atomic E-state index is 11.5. The Labute approximate surface area is 85.9 Å². The summed E-state index contributed by atoms with van der Waals surface area (Å²) in [5, 5.41) is 8.23. The summed E-state index contributed by atoms with van der Waals surface area (Å²) in [6.45, 7) is 0. The van der Waals surface area contributed by atoms with Gasteiger partial charge >= 0.3 is 5.97 Å². The molecule has 1 aromatic heterocycles. The van der Waals surface area contributed by atoms with Crippen LogP contribution >= 0.6 is 0 Å². The number of furan rings is 1. The number of hydrogen-bond donors (Lipinski definition) is 2. The first-order chi connectivity index (χ1) is 6.99. The third-order valence-electron chi connectivity index (χ3n) is 1.99. The summed E-state index contributed by atoms with van der Waals surface area (Å²) >= 11 is 0. The van der Waals surface area contributed by atoms with Crippen molar-refractivity contribution in [2.24, 2.45) is 0 Å². The minimum Gasteiger partial charge on any atom is -0.478 e. The average molecular weight is 231 g/mol. The van der Waals surface area contributed by atoms with Gasteiger partial charge in [0.1, 0.15) is 6.26 Å². The van der Waals surface area contributed by atoms with Crippen LogP contribution in [0.15, 0.2) is 21.8 Å². The standard InChI is InChI=1S/C8H9NO5S/c10-8(11)5-3-7(14-4-5)15(12,13)9-6-1-2-6/h3-4,6,9H,1-2H2,(H,10,11). The zero-order valence-corrected chi connectivity index (χ0v) is 8.45. The van der Waals surface area contributed by atoms with Crippen molar-refractivity contribution in [3.05, 3.63) is 17.9 Å². The van der Waals surface area contributed by atoms with Gasteiger partial charge in [0, 0.05) is 12.1 Å². The second kappa shape index (κ2) is 3.35. The number of carboxylic acid groups (broad SMARTS) is 1. The molecular weight excluding hydrogens is 222 g/mol. The molecule has 15 heavy (non-hydrogen) atoms. The van der Waals surface area contributed by atoms with E-state index in [1.165, 1.54) is 0 Å². The van der Waals surface area contributed by atoms with Gasteiger partial charge in [-0.15, -0.1) is 0 Å². The van der Waals surface area contributed by atoms with E-state index >= 15 is 0 Å². The SMILES string of the molecule is O=C(O)c1coc(S(=O)(=O)NC2CC2)c1. The highest BCUT2D eigenvalue weighted by atomic mass is 32.2. The molecule has 1 saturated carbocycles. The Hall–Kier alpha value is -1.34. The zero-order valence-electron chi connectivity index (χ0n) is 7.63. The van der Waals surface area contributed by atoms with Gasteiger partial charge in [0.25, 0.3) is 10.0 Å². The molecule has 0 saturated heterocycles. The van der Waals surface area contributed by atoms with Crippen molar-refractivity contribution >= 4 is 16.0 Å². The van der Waals surface area contributed by atoms with E-state index in [9.17, 15) is 13.2 Å². The molecule has 7 heteroatoms. The van der Waals surface area contributed by atoms with Crippen LogP contribution in [0.2, 0.25) is 0 Å². The maximum Gasteiger partial charge on any atom is 0.339 e. The topological polar surface area (TPSA) is 96.6 Å². The molecule has 0 spiro atoms. The number of aromatic carboxylic acids is 1. The van der Waals surface area contributed by atoms with Crippen LogP contribution in [0.5, 0.6) is 0 Å². The predicted octanol–water partition coefficient (Wildman–Crippen LogP) is 0.418. The van der Waals surface area contributed by atoms with Crippen molar-refractivity contribution in [2.45, 2.75) is 24.0 Å². The molecule has 2 N–H and O–H groups in total. The van der Waals surface area contributed by atoms with Crippen LogP contribution < -0.4 is 4.72 Å². The minimum absolute atomic E-state index is 0.0339. The summed E-state index contributed by atoms with van der Waals surface area (Å²) in [5.41, 5.74) is -0.175. The number of rotatable bonds is 4. The van der Waals surface area contributed by atoms with Gasteiger partial charge in [-0.25, -0.2) is 17.9 Å². The molecule has 0 radical (unpaired) electrons. The van der Waals surface area contributed by atoms with Gasteiger partial charge in [0.2, 0.25) is 5.09 Å². The van der Waals surface area contributed by atoms with Crippen molar-refractivity contribution in [1.82, 2.24) is 4.72 Å². The third-order valence-corrected chi connectivity index (χ3v) is 3.37. The first kappa shape index (κ1) is 10.2. The largest absolute Gasteiger partial charge is 0.478 e. The molecule has 0 atom stereocenters. The lowest BCUT2D eigenvalue weighted by Gasteiger charge is -1.99. The Morgan fingerprint density at radius 2 is 2.20 bits per heavy atom. The lowest BCUT2D eigenvalue weighted by atomic mass is 10.4. The quantitative estimate of drug-likeness (QED) is 0.782. The Bertz CT molecular complexity index is 485.